The van der Waals surface area contributed by atoms with Gasteiger partial charge in [-0.15, -0.1) is 0 Å². The minimum Gasteiger partial charge on any atom is -0.480 e. The number of nitrogens with zero attached hydrogens (tertiary/aromatic N) is 1. The van der Waals surface area contributed by atoms with E-state index in [0.717, 1.165) is 16.5 Å². The van der Waals surface area contributed by atoms with Crippen molar-refractivity contribution in [3.05, 3.63) is 36.0 Å². The number of rotatable bonds is 12. The Kier molecular flexibility index (Phi) is 8.88. The van der Waals surface area contributed by atoms with E-state index < -0.39 is 29.7 Å². The second-order valence-electron chi connectivity index (χ2n) is 8.18. The standard InChI is InChI=1S/C23H30N6O5/c24-12-16(30)5-6-19(23(33)34)28-22(32)20(27-14-21(31)29-9-7-25-8-10-29)11-15-13-26-18-4-2-1-3-17(15)18/h1-4,12-13,19-20,24-27H,5-11,14H2,(H,28,32)(H,33,34)/t19-,20-/m0/s1. The molecule has 1 aliphatic heterocycles. The van der Waals surface area contributed by atoms with Gasteiger partial charge < -0.3 is 31.0 Å². The van der Waals surface area contributed by atoms with Crippen molar-refractivity contribution in [2.24, 2.45) is 0 Å². The Morgan fingerprint density at radius 2 is 1.88 bits per heavy atom. The van der Waals surface area contributed by atoms with Gasteiger partial charge in [0.15, 0.2) is 5.78 Å². The van der Waals surface area contributed by atoms with Crippen LogP contribution in [0, 0.1) is 5.41 Å². The number of hydrogen-bond acceptors (Lipinski definition) is 7. The molecule has 1 saturated heterocycles. The number of fused-ring (bicyclic) bond motifs is 1. The monoisotopic (exact) mass is 470 g/mol. The van der Waals surface area contributed by atoms with Crippen molar-refractivity contribution in [1.29, 1.82) is 5.41 Å². The molecule has 0 radical (unpaired) electrons. The second-order valence-corrected chi connectivity index (χ2v) is 8.18. The zero-order valence-electron chi connectivity index (χ0n) is 18.8. The molecule has 0 unspecified atom stereocenters. The number of para-hydroxylation sites is 1. The lowest BCUT2D eigenvalue weighted by Gasteiger charge is -2.28. The first-order chi connectivity index (χ1) is 16.4. The van der Waals surface area contributed by atoms with E-state index in [1.165, 1.54) is 0 Å². The largest absolute Gasteiger partial charge is 0.480 e. The molecule has 1 aromatic carbocycles. The number of ketones is 1. The molecular weight excluding hydrogens is 440 g/mol. The summed E-state index contributed by atoms with van der Waals surface area (Å²) in [5, 5.41) is 26.1. The quantitative estimate of drug-likeness (QED) is 0.231. The molecule has 182 valence electrons. The van der Waals surface area contributed by atoms with Crippen LogP contribution in [0.3, 0.4) is 0 Å². The number of benzene rings is 1. The summed E-state index contributed by atoms with van der Waals surface area (Å²) in [5.74, 6) is -2.50. The Morgan fingerprint density at radius 1 is 1.15 bits per heavy atom. The molecular formula is C23H30N6O5. The van der Waals surface area contributed by atoms with E-state index >= 15 is 0 Å². The third-order valence-electron chi connectivity index (χ3n) is 5.84. The van der Waals surface area contributed by atoms with Crippen LogP contribution in [-0.4, -0.2) is 89.6 Å². The number of piperazine rings is 1. The number of Topliss-reactive ketones (excluding diaryl/α,β-unsaturated/α-hetero) is 1. The Bertz CT molecular complexity index is 1050. The van der Waals surface area contributed by atoms with Gasteiger partial charge in [0.2, 0.25) is 11.8 Å². The number of carboxylic acids is 1. The highest BCUT2D eigenvalue weighted by Crippen LogP contribution is 2.19. The first-order valence-electron chi connectivity index (χ1n) is 11.2. The fraction of sp³-hybridized carbons (Fsp3) is 0.435. The third kappa shape index (κ3) is 6.72. The number of nitrogens with one attached hydrogen (secondary N) is 5. The summed E-state index contributed by atoms with van der Waals surface area (Å²) in [7, 11) is 0. The molecule has 11 heteroatoms. The van der Waals surface area contributed by atoms with Gasteiger partial charge in [-0.3, -0.25) is 19.7 Å². The second kappa shape index (κ2) is 12.1. The number of aromatic nitrogens is 1. The van der Waals surface area contributed by atoms with Gasteiger partial charge in [-0.1, -0.05) is 18.2 Å². The summed E-state index contributed by atoms with van der Waals surface area (Å²) in [6, 6.07) is 5.46. The van der Waals surface area contributed by atoms with Crippen molar-refractivity contribution in [3.63, 3.8) is 0 Å². The van der Waals surface area contributed by atoms with Crippen molar-refractivity contribution in [2.75, 3.05) is 32.7 Å². The van der Waals surface area contributed by atoms with E-state index in [4.69, 9.17) is 5.41 Å². The molecule has 11 nitrogen and oxygen atoms in total. The predicted molar refractivity (Wildman–Crippen MR) is 126 cm³/mol. The smallest absolute Gasteiger partial charge is 0.326 e. The van der Waals surface area contributed by atoms with Crippen molar-refractivity contribution in [2.45, 2.75) is 31.3 Å². The van der Waals surface area contributed by atoms with Crippen molar-refractivity contribution in [1.82, 2.24) is 25.8 Å². The van der Waals surface area contributed by atoms with E-state index in [1.807, 2.05) is 24.3 Å². The minimum atomic E-state index is -1.28. The zero-order chi connectivity index (χ0) is 24.5. The van der Waals surface area contributed by atoms with Crippen LogP contribution >= 0.6 is 0 Å². The Labute approximate surface area is 196 Å². The first-order valence-corrected chi connectivity index (χ1v) is 11.2. The molecule has 1 aliphatic rings. The lowest BCUT2D eigenvalue weighted by molar-refractivity contribution is -0.142. The van der Waals surface area contributed by atoms with Gasteiger partial charge in [-0.2, -0.15) is 0 Å². The summed E-state index contributed by atoms with van der Waals surface area (Å²) in [6.45, 7) is 2.52. The third-order valence-corrected chi connectivity index (χ3v) is 5.84. The van der Waals surface area contributed by atoms with Gasteiger partial charge >= 0.3 is 5.97 Å². The summed E-state index contributed by atoms with van der Waals surface area (Å²) < 4.78 is 0. The van der Waals surface area contributed by atoms with Gasteiger partial charge in [-0.25, -0.2) is 4.79 Å². The topological polar surface area (TPSA) is 167 Å². The normalized spacial score (nSPS) is 15.5. The maximum Gasteiger partial charge on any atom is 0.326 e. The number of amides is 2. The highest BCUT2D eigenvalue weighted by molar-refractivity contribution is 6.26. The average Bonchev–Trinajstić information content (AvgIpc) is 3.26. The number of carbonyl (C=O) groups is 4. The molecule has 0 spiro atoms. The number of aromatic amines is 1. The summed E-state index contributed by atoms with van der Waals surface area (Å²) >= 11 is 0. The molecule has 2 atom stereocenters. The van der Waals surface area contributed by atoms with Crippen LogP contribution in [0.15, 0.2) is 30.5 Å². The summed E-state index contributed by atoms with van der Waals surface area (Å²) in [4.78, 5) is 53.7. The average molecular weight is 471 g/mol. The minimum absolute atomic E-state index is 0.0650. The molecule has 2 amide bonds. The summed E-state index contributed by atoms with van der Waals surface area (Å²) in [6.07, 6.45) is 2.36. The maximum atomic E-state index is 13.1. The Hall–Kier alpha value is -3.57. The predicted octanol–water partition coefficient (Wildman–Crippen LogP) is -0.331. The van der Waals surface area contributed by atoms with E-state index in [9.17, 15) is 24.3 Å². The maximum absolute atomic E-state index is 13.1. The van der Waals surface area contributed by atoms with E-state index in [-0.39, 0.29) is 31.7 Å². The van der Waals surface area contributed by atoms with Crippen LogP contribution in [0.2, 0.25) is 0 Å². The van der Waals surface area contributed by atoms with Gasteiger partial charge in [-0.05, 0) is 24.5 Å². The molecule has 2 aromatic rings. The lowest BCUT2D eigenvalue weighted by atomic mass is 10.0. The van der Waals surface area contributed by atoms with Gasteiger partial charge in [0.1, 0.15) is 6.04 Å². The number of carbonyl (C=O) groups excluding carboxylic acids is 3. The van der Waals surface area contributed by atoms with Crippen LogP contribution in [0.1, 0.15) is 18.4 Å². The highest BCUT2D eigenvalue weighted by atomic mass is 16.4. The van der Waals surface area contributed by atoms with E-state index in [2.05, 4.69) is 20.9 Å². The Morgan fingerprint density at radius 3 is 2.59 bits per heavy atom. The molecule has 0 bridgehead atoms. The highest BCUT2D eigenvalue weighted by Gasteiger charge is 2.27. The van der Waals surface area contributed by atoms with Crippen LogP contribution in [0.5, 0.6) is 0 Å². The van der Waals surface area contributed by atoms with Crippen LogP contribution < -0.4 is 16.0 Å². The number of hydrogen-bond donors (Lipinski definition) is 6. The molecule has 0 aliphatic carbocycles. The zero-order valence-corrected chi connectivity index (χ0v) is 18.8. The van der Waals surface area contributed by atoms with Crippen LogP contribution in [-0.2, 0) is 25.6 Å². The molecule has 1 fully saturated rings. The fourth-order valence-corrected chi connectivity index (χ4v) is 3.90. The van der Waals surface area contributed by atoms with Crippen molar-refractivity contribution in [3.8, 4) is 0 Å². The molecule has 6 N–H and O–H groups in total. The van der Waals surface area contributed by atoms with Gasteiger partial charge in [0.05, 0.1) is 18.8 Å². The van der Waals surface area contributed by atoms with Crippen molar-refractivity contribution >= 4 is 40.7 Å². The number of aliphatic carboxylic acids is 1. The van der Waals surface area contributed by atoms with Gasteiger partial charge in [0.25, 0.3) is 0 Å². The van der Waals surface area contributed by atoms with E-state index in [0.29, 0.717) is 32.4 Å². The first kappa shape index (κ1) is 25.1. The Balaban J connectivity index is 1.72. The fourth-order valence-electron chi connectivity index (χ4n) is 3.90. The van der Waals surface area contributed by atoms with Crippen molar-refractivity contribution < 1.29 is 24.3 Å². The molecule has 0 saturated carbocycles. The van der Waals surface area contributed by atoms with E-state index in [1.54, 1.807) is 11.1 Å². The lowest BCUT2D eigenvalue weighted by Crippen LogP contribution is -2.54. The number of carboxylic acid groups (broad SMARTS) is 1. The van der Waals surface area contributed by atoms with Crippen LogP contribution in [0.4, 0.5) is 0 Å². The van der Waals surface area contributed by atoms with Gasteiger partial charge in [0, 0.05) is 49.7 Å². The SMILES string of the molecule is N=CC(=O)CC[C@H](NC(=O)[C@H](Cc1c[nH]c2ccccc12)NCC(=O)N1CCNCC1)C(=O)O. The summed E-state index contributed by atoms with van der Waals surface area (Å²) in [5.41, 5.74) is 1.76. The molecule has 3 rings (SSSR count). The number of H-pyrrole nitrogens is 1. The molecule has 34 heavy (non-hydrogen) atoms. The molecule has 1 aromatic heterocycles. The molecule has 2 heterocycles. The van der Waals surface area contributed by atoms with Crippen LogP contribution in [0.25, 0.3) is 10.9 Å².